The summed E-state index contributed by atoms with van der Waals surface area (Å²) in [5, 5.41) is 0. The number of hydrogen-bond donors (Lipinski definition) is 2. The summed E-state index contributed by atoms with van der Waals surface area (Å²) >= 11 is 0. The first-order valence-electron chi connectivity index (χ1n) is 22.4. The Bertz CT molecular complexity index is 1080. The third-order valence-corrected chi connectivity index (χ3v) is 10.1. The molecule has 0 amide bonds. The Morgan fingerprint density at radius 1 is 0.554 bits per heavy atom. The molecule has 8 nitrogen and oxygen atoms in total. The van der Waals surface area contributed by atoms with E-state index in [4.69, 9.17) is 24.3 Å². The minimum atomic E-state index is -4.28. The normalized spacial score (nSPS) is 14.1. The number of carbonyl (C=O) groups is 1. The van der Waals surface area contributed by atoms with Crippen molar-refractivity contribution < 1.29 is 32.8 Å². The van der Waals surface area contributed by atoms with Crippen LogP contribution in [0, 0.1) is 0 Å². The summed E-state index contributed by atoms with van der Waals surface area (Å²) in [5.74, 6) is -0.348. The van der Waals surface area contributed by atoms with Gasteiger partial charge >= 0.3 is 13.8 Å². The van der Waals surface area contributed by atoms with Crippen molar-refractivity contribution in [2.24, 2.45) is 5.73 Å². The van der Waals surface area contributed by atoms with Gasteiger partial charge in [0.05, 0.1) is 19.8 Å². The molecule has 0 fully saturated rings. The maximum Gasteiger partial charge on any atom is 0.472 e. The van der Waals surface area contributed by atoms with Crippen LogP contribution in [0.3, 0.4) is 0 Å². The predicted molar refractivity (Wildman–Crippen MR) is 238 cm³/mol. The molecule has 324 valence electrons. The van der Waals surface area contributed by atoms with Crippen molar-refractivity contribution in [3.05, 3.63) is 72.9 Å². The van der Waals surface area contributed by atoms with Gasteiger partial charge in [-0.3, -0.25) is 13.8 Å². The molecule has 0 aliphatic heterocycles. The molecule has 0 heterocycles. The van der Waals surface area contributed by atoms with Crippen LogP contribution in [0.4, 0.5) is 0 Å². The molecule has 0 aromatic carbocycles. The van der Waals surface area contributed by atoms with Crippen LogP contribution in [0.1, 0.15) is 181 Å². The SMILES string of the molecule is CC/C=C\C/C=C\C/C=C\C/C=C\CCCCCCCCCCCCCOCC(COP(=O)(O)OCCN)OC(=O)CCCCCCC/C=C\C/C=C\CCC. The molecule has 0 aromatic heterocycles. The van der Waals surface area contributed by atoms with Crippen molar-refractivity contribution in [1.29, 1.82) is 0 Å². The van der Waals surface area contributed by atoms with Crippen LogP contribution in [0.2, 0.25) is 0 Å². The third kappa shape index (κ3) is 43.1. The fourth-order valence-corrected chi connectivity index (χ4v) is 6.61. The molecule has 3 N–H and O–H groups in total. The van der Waals surface area contributed by atoms with Crippen molar-refractivity contribution in [3.8, 4) is 0 Å². The summed E-state index contributed by atoms with van der Waals surface area (Å²) in [6.45, 7) is 4.71. The second-order valence-corrected chi connectivity index (χ2v) is 16.0. The lowest BCUT2D eigenvalue weighted by Crippen LogP contribution is -2.28. The van der Waals surface area contributed by atoms with Crippen LogP contribution in [-0.2, 0) is 27.9 Å². The van der Waals surface area contributed by atoms with Crippen molar-refractivity contribution in [3.63, 3.8) is 0 Å². The molecule has 9 heteroatoms. The number of hydrogen-bond acceptors (Lipinski definition) is 7. The zero-order chi connectivity index (χ0) is 40.9. The van der Waals surface area contributed by atoms with E-state index in [0.717, 1.165) is 89.9 Å². The van der Waals surface area contributed by atoms with Gasteiger partial charge in [0.1, 0.15) is 6.10 Å². The third-order valence-electron chi connectivity index (χ3n) is 9.09. The Morgan fingerprint density at radius 3 is 1.50 bits per heavy atom. The number of phosphoric ester groups is 1. The van der Waals surface area contributed by atoms with Gasteiger partial charge in [0.2, 0.25) is 0 Å². The molecule has 0 rings (SSSR count). The van der Waals surface area contributed by atoms with Crippen LogP contribution in [0.15, 0.2) is 72.9 Å². The highest BCUT2D eigenvalue weighted by molar-refractivity contribution is 7.47. The monoisotopic (exact) mass is 806 g/mol. The number of allylic oxidation sites excluding steroid dienone is 12. The van der Waals surface area contributed by atoms with Gasteiger partial charge in [0.25, 0.3) is 0 Å². The highest BCUT2D eigenvalue weighted by Gasteiger charge is 2.25. The maximum atomic E-state index is 12.6. The maximum absolute atomic E-state index is 12.6. The van der Waals surface area contributed by atoms with E-state index in [1.807, 2.05) is 0 Å². The second kappa shape index (κ2) is 44.1. The summed E-state index contributed by atoms with van der Waals surface area (Å²) in [5.41, 5.74) is 5.37. The van der Waals surface area contributed by atoms with E-state index in [2.05, 4.69) is 86.8 Å². The quantitative estimate of drug-likeness (QED) is 0.0271. The van der Waals surface area contributed by atoms with Crippen LogP contribution in [0.25, 0.3) is 0 Å². The largest absolute Gasteiger partial charge is 0.472 e. The molecule has 0 aliphatic rings. The van der Waals surface area contributed by atoms with Crippen LogP contribution in [-0.4, -0.2) is 49.9 Å². The zero-order valence-corrected chi connectivity index (χ0v) is 36.7. The average molecular weight is 806 g/mol. The molecule has 0 saturated carbocycles. The molecule has 2 unspecified atom stereocenters. The van der Waals surface area contributed by atoms with Gasteiger partial charge < -0.3 is 20.1 Å². The lowest BCUT2D eigenvalue weighted by molar-refractivity contribution is -0.154. The summed E-state index contributed by atoms with van der Waals surface area (Å²) in [4.78, 5) is 22.5. The molecule has 0 spiro atoms. The van der Waals surface area contributed by atoms with E-state index < -0.39 is 13.9 Å². The van der Waals surface area contributed by atoms with E-state index in [-0.39, 0.29) is 32.3 Å². The second-order valence-electron chi connectivity index (χ2n) is 14.5. The van der Waals surface area contributed by atoms with Gasteiger partial charge in [-0.1, -0.05) is 170 Å². The molecule has 0 saturated heterocycles. The number of unbranched alkanes of at least 4 members (excludes halogenated alkanes) is 17. The first kappa shape index (κ1) is 53.9. The van der Waals surface area contributed by atoms with E-state index in [9.17, 15) is 14.3 Å². The van der Waals surface area contributed by atoms with Crippen LogP contribution >= 0.6 is 7.82 Å². The Labute approximate surface area is 344 Å². The molecule has 0 bridgehead atoms. The molecule has 2 atom stereocenters. The number of carbonyl (C=O) groups excluding carboxylic acids is 1. The average Bonchev–Trinajstić information content (AvgIpc) is 3.19. The minimum Gasteiger partial charge on any atom is -0.457 e. The Balaban J connectivity index is 3.97. The van der Waals surface area contributed by atoms with Crippen molar-refractivity contribution in [1.82, 2.24) is 0 Å². The van der Waals surface area contributed by atoms with E-state index in [1.54, 1.807) is 0 Å². The van der Waals surface area contributed by atoms with E-state index in [1.165, 1.54) is 70.6 Å². The summed E-state index contributed by atoms with van der Waals surface area (Å²) in [6, 6.07) is 0. The van der Waals surface area contributed by atoms with Gasteiger partial charge in [0, 0.05) is 19.6 Å². The van der Waals surface area contributed by atoms with E-state index in [0.29, 0.717) is 13.0 Å². The topological polar surface area (TPSA) is 117 Å². The fraction of sp³-hybridized carbons (Fsp3) is 0.723. The molecule has 56 heavy (non-hydrogen) atoms. The van der Waals surface area contributed by atoms with Gasteiger partial charge in [0.15, 0.2) is 0 Å². The number of rotatable bonds is 42. The molecular weight excluding hydrogens is 721 g/mol. The highest BCUT2D eigenvalue weighted by Crippen LogP contribution is 2.43. The Kier molecular flexibility index (Phi) is 42.4. The van der Waals surface area contributed by atoms with Gasteiger partial charge in [-0.05, 0) is 77.0 Å². The first-order chi connectivity index (χ1) is 27.4. The minimum absolute atomic E-state index is 0.0943. The number of phosphoric acid groups is 1. The number of nitrogens with two attached hydrogens (primary N) is 1. The van der Waals surface area contributed by atoms with Crippen molar-refractivity contribution in [2.45, 2.75) is 187 Å². The van der Waals surface area contributed by atoms with Crippen molar-refractivity contribution >= 4 is 13.8 Å². The highest BCUT2D eigenvalue weighted by atomic mass is 31.2. The van der Waals surface area contributed by atoms with Crippen LogP contribution in [0.5, 0.6) is 0 Å². The van der Waals surface area contributed by atoms with Gasteiger partial charge in [-0.2, -0.15) is 0 Å². The summed E-state index contributed by atoms with van der Waals surface area (Å²) in [6.07, 6.45) is 55.0. The molecule has 0 radical (unpaired) electrons. The van der Waals surface area contributed by atoms with Gasteiger partial charge in [-0.25, -0.2) is 4.57 Å². The summed E-state index contributed by atoms with van der Waals surface area (Å²) < 4.78 is 33.4. The zero-order valence-electron chi connectivity index (χ0n) is 35.8. The molecule has 0 aliphatic carbocycles. The smallest absolute Gasteiger partial charge is 0.457 e. The first-order valence-corrected chi connectivity index (χ1v) is 23.9. The number of esters is 1. The Hall–Kier alpha value is -2.06. The standard InChI is InChI=1S/C47H84NO7P/c1-3-5-7-9-11-13-15-17-18-19-20-21-22-23-24-25-26-27-29-31-33-35-37-39-42-52-44-46(45-54-56(50,51)53-43-41-48)55-47(49)40-38-36-34-32-30-28-16-14-12-10-8-6-4-2/h5,7-8,10-11,13-14,16-18,20-21,46H,3-4,6,9,12,15,19,22-45,48H2,1-2H3,(H,50,51)/b7-5-,10-8-,13-11-,16-14-,18-17-,21-20-. The van der Waals surface area contributed by atoms with E-state index >= 15 is 0 Å². The Morgan fingerprint density at radius 2 is 1.00 bits per heavy atom. The fourth-order valence-electron chi connectivity index (χ4n) is 5.85. The van der Waals surface area contributed by atoms with Gasteiger partial charge in [-0.15, -0.1) is 0 Å². The lowest BCUT2D eigenvalue weighted by atomic mass is 10.1. The lowest BCUT2D eigenvalue weighted by Gasteiger charge is -2.20. The molecular formula is C47H84NO7P. The van der Waals surface area contributed by atoms with Crippen LogP contribution < -0.4 is 5.73 Å². The number of ether oxygens (including phenoxy) is 2. The van der Waals surface area contributed by atoms with Crippen molar-refractivity contribution in [2.75, 3.05) is 33.0 Å². The molecule has 0 aromatic rings. The summed E-state index contributed by atoms with van der Waals surface area (Å²) in [7, 11) is -4.28. The predicted octanol–water partition coefficient (Wildman–Crippen LogP) is 13.5.